The van der Waals surface area contributed by atoms with E-state index < -0.39 is 0 Å². The van der Waals surface area contributed by atoms with Gasteiger partial charge in [0.15, 0.2) is 16.9 Å². The van der Waals surface area contributed by atoms with E-state index in [0.29, 0.717) is 30.5 Å². The quantitative estimate of drug-likeness (QED) is 0.353. The second-order valence-corrected chi connectivity index (χ2v) is 10.7. The summed E-state index contributed by atoms with van der Waals surface area (Å²) in [4.78, 5) is 29.4. The average Bonchev–Trinajstić information content (AvgIpc) is 3.41. The van der Waals surface area contributed by atoms with E-state index in [4.69, 9.17) is 9.47 Å². The van der Waals surface area contributed by atoms with Gasteiger partial charge in [-0.05, 0) is 67.3 Å². The van der Waals surface area contributed by atoms with Crippen LogP contribution in [0.4, 0.5) is 0 Å². The Morgan fingerprint density at radius 3 is 2.16 bits per heavy atom. The van der Waals surface area contributed by atoms with Crippen molar-refractivity contribution in [1.82, 2.24) is 9.47 Å². The number of carbonyl (C=O) groups excluding carboxylic acids is 1. The SMILES string of the molecule is CC1c2cc3c(cc2C2(CCCC2)CN1C(=O)Cn1c2ccccc2c(=O)c2ccccc21)OCCO3. The number of carbonyl (C=O) groups is 1. The van der Waals surface area contributed by atoms with Crippen LogP contribution in [0.1, 0.15) is 49.8 Å². The van der Waals surface area contributed by atoms with Crippen molar-refractivity contribution in [3.63, 3.8) is 0 Å². The standard InChI is InChI=1S/C31H30N2O4/c1-20-23-16-27-28(37-15-14-36-27)17-24(23)31(12-6-7-13-31)19-33(20)29(34)18-32-25-10-4-2-8-21(25)30(35)22-9-3-5-11-26(22)32/h2-5,8-11,16-17,20H,6-7,12-15,18-19H2,1H3. The van der Waals surface area contributed by atoms with E-state index in [0.717, 1.165) is 35.4 Å². The lowest BCUT2D eigenvalue weighted by atomic mass is 9.71. The van der Waals surface area contributed by atoms with E-state index in [9.17, 15) is 9.59 Å². The molecule has 1 aromatic heterocycles. The number of amides is 1. The van der Waals surface area contributed by atoms with Crippen molar-refractivity contribution in [1.29, 1.82) is 0 Å². The third kappa shape index (κ3) is 3.38. The number of hydrogen-bond acceptors (Lipinski definition) is 4. The van der Waals surface area contributed by atoms with Gasteiger partial charge in [0.05, 0.1) is 17.1 Å². The summed E-state index contributed by atoms with van der Waals surface area (Å²) in [6, 6.07) is 19.4. The van der Waals surface area contributed by atoms with Gasteiger partial charge in [0.1, 0.15) is 19.8 Å². The zero-order chi connectivity index (χ0) is 25.1. The molecule has 0 N–H and O–H groups in total. The molecule has 0 bridgehead atoms. The highest BCUT2D eigenvalue weighted by molar-refractivity contribution is 5.95. The Bertz CT molecular complexity index is 1560. The van der Waals surface area contributed by atoms with Gasteiger partial charge >= 0.3 is 0 Å². The maximum Gasteiger partial charge on any atom is 0.243 e. The van der Waals surface area contributed by atoms with Crippen LogP contribution in [0.25, 0.3) is 21.8 Å². The van der Waals surface area contributed by atoms with Gasteiger partial charge < -0.3 is 18.9 Å². The molecule has 37 heavy (non-hydrogen) atoms. The van der Waals surface area contributed by atoms with Crippen LogP contribution in [-0.4, -0.2) is 35.1 Å². The molecule has 7 rings (SSSR count). The monoisotopic (exact) mass is 494 g/mol. The molecular weight excluding hydrogens is 464 g/mol. The summed E-state index contributed by atoms with van der Waals surface area (Å²) in [6.45, 7) is 4.12. The first-order chi connectivity index (χ1) is 18.1. The Balaban J connectivity index is 1.33. The molecule has 3 heterocycles. The molecule has 188 valence electrons. The molecule has 1 unspecified atom stereocenters. The van der Waals surface area contributed by atoms with Crippen molar-refractivity contribution in [2.75, 3.05) is 19.8 Å². The van der Waals surface area contributed by atoms with Gasteiger partial charge in [-0.1, -0.05) is 37.1 Å². The zero-order valence-corrected chi connectivity index (χ0v) is 21.0. The van der Waals surface area contributed by atoms with E-state index in [-0.39, 0.29) is 29.3 Å². The highest BCUT2D eigenvalue weighted by atomic mass is 16.6. The summed E-state index contributed by atoms with van der Waals surface area (Å²) in [5.74, 6) is 1.67. The largest absolute Gasteiger partial charge is 0.486 e. The van der Waals surface area contributed by atoms with Crippen molar-refractivity contribution >= 4 is 27.7 Å². The van der Waals surface area contributed by atoms with Crippen LogP contribution in [0.3, 0.4) is 0 Å². The van der Waals surface area contributed by atoms with Crippen LogP contribution in [0.5, 0.6) is 11.5 Å². The second-order valence-electron chi connectivity index (χ2n) is 10.7. The molecule has 1 saturated carbocycles. The van der Waals surface area contributed by atoms with Crippen LogP contribution in [0.15, 0.2) is 65.5 Å². The number of ether oxygens (including phenoxy) is 2. The zero-order valence-electron chi connectivity index (χ0n) is 21.0. The van der Waals surface area contributed by atoms with Crippen molar-refractivity contribution in [2.24, 2.45) is 0 Å². The molecule has 0 radical (unpaired) electrons. The molecule has 0 saturated heterocycles. The van der Waals surface area contributed by atoms with Gasteiger partial charge in [-0.2, -0.15) is 0 Å². The van der Waals surface area contributed by atoms with Crippen molar-refractivity contribution in [2.45, 2.75) is 50.6 Å². The minimum absolute atomic E-state index is 0.00654. The molecule has 1 fully saturated rings. The molecule has 1 aliphatic carbocycles. The molecule has 1 atom stereocenters. The first-order valence-electron chi connectivity index (χ1n) is 13.3. The Hall–Kier alpha value is -3.80. The second kappa shape index (κ2) is 8.37. The number of para-hydroxylation sites is 2. The minimum Gasteiger partial charge on any atom is -0.486 e. The molecule has 3 aliphatic rings. The fourth-order valence-corrected chi connectivity index (χ4v) is 6.88. The number of fused-ring (bicyclic) bond motifs is 5. The van der Waals surface area contributed by atoms with E-state index >= 15 is 0 Å². The number of benzene rings is 3. The third-order valence-corrected chi connectivity index (χ3v) is 8.73. The first kappa shape index (κ1) is 22.4. The van der Waals surface area contributed by atoms with Gasteiger partial charge in [-0.15, -0.1) is 0 Å². The summed E-state index contributed by atoms with van der Waals surface area (Å²) >= 11 is 0. The molecule has 1 amide bonds. The maximum absolute atomic E-state index is 14.2. The van der Waals surface area contributed by atoms with E-state index in [1.165, 1.54) is 24.0 Å². The molecule has 3 aromatic carbocycles. The predicted molar refractivity (Wildman–Crippen MR) is 143 cm³/mol. The summed E-state index contributed by atoms with van der Waals surface area (Å²) in [5, 5.41) is 1.28. The maximum atomic E-state index is 14.2. The number of nitrogens with zero attached hydrogens (tertiary/aromatic N) is 2. The molecule has 4 aromatic rings. The highest BCUT2D eigenvalue weighted by Gasteiger charge is 2.46. The summed E-state index contributed by atoms with van der Waals surface area (Å²) < 4.78 is 13.9. The lowest BCUT2D eigenvalue weighted by Crippen LogP contribution is -2.49. The Morgan fingerprint density at radius 2 is 1.51 bits per heavy atom. The average molecular weight is 495 g/mol. The lowest BCUT2D eigenvalue weighted by Gasteiger charge is -2.46. The van der Waals surface area contributed by atoms with Crippen LogP contribution < -0.4 is 14.9 Å². The van der Waals surface area contributed by atoms with E-state index in [1.807, 2.05) is 53.1 Å². The van der Waals surface area contributed by atoms with Gasteiger partial charge in [0.25, 0.3) is 0 Å². The van der Waals surface area contributed by atoms with Crippen LogP contribution in [0.2, 0.25) is 0 Å². The first-order valence-corrected chi connectivity index (χ1v) is 13.3. The lowest BCUT2D eigenvalue weighted by molar-refractivity contribution is -0.135. The van der Waals surface area contributed by atoms with Crippen LogP contribution in [0, 0.1) is 0 Å². The summed E-state index contributed by atoms with van der Waals surface area (Å²) in [7, 11) is 0. The molecule has 2 aliphatic heterocycles. The minimum atomic E-state index is -0.0820. The Kier molecular flexibility index (Phi) is 5.07. The molecule has 6 nitrogen and oxygen atoms in total. The number of pyridine rings is 1. The predicted octanol–water partition coefficient (Wildman–Crippen LogP) is 5.34. The van der Waals surface area contributed by atoms with Gasteiger partial charge in [0, 0.05) is 22.7 Å². The summed E-state index contributed by atoms with van der Waals surface area (Å²) in [5.41, 5.74) is 4.03. The van der Waals surface area contributed by atoms with Crippen molar-refractivity contribution in [3.05, 3.63) is 82.0 Å². The Labute approximate surface area is 215 Å². The van der Waals surface area contributed by atoms with Gasteiger partial charge in [-0.3, -0.25) is 9.59 Å². The third-order valence-electron chi connectivity index (χ3n) is 8.73. The smallest absolute Gasteiger partial charge is 0.243 e. The van der Waals surface area contributed by atoms with Crippen LogP contribution >= 0.6 is 0 Å². The normalized spacial score (nSPS) is 19.9. The molecule has 1 spiro atoms. The number of rotatable bonds is 2. The van der Waals surface area contributed by atoms with Gasteiger partial charge in [-0.25, -0.2) is 0 Å². The van der Waals surface area contributed by atoms with Crippen LogP contribution in [-0.2, 0) is 16.8 Å². The van der Waals surface area contributed by atoms with Gasteiger partial charge in [0.2, 0.25) is 5.91 Å². The van der Waals surface area contributed by atoms with E-state index in [1.54, 1.807) is 0 Å². The Morgan fingerprint density at radius 1 is 0.919 bits per heavy atom. The van der Waals surface area contributed by atoms with Crippen molar-refractivity contribution in [3.8, 4) is 11.5 Å². The highest BCUT2D eigenvalue weighted by Crippen LogP contribution is 2.52. The van der Waals surface area contributed by atoms with E-state index in [2.05, 4.69) is 24.0 Å². The molecular formula is C31H30N2O4. The van der Waals surface area contributed by atoms with Crippen molar-refractivity contribution < 1.29 is 14.3 Å². The fourth-order valence-electron chi connectivity index (χ4n) is 6.88. The molecule has 6 heteroatoms. The summed E-state index contributed by atoms with van der Waals surface area (Å²) in [6.07, 6.45) is 4.47. The number of aromatic nitrogens is 1. The fraction of sp³-hybridized carbons (Fsp3) is 0.355. The number of hydrogen-bond donors (Lipinski definition) is 0. The topological polar surface area (TPSA) is 60.8 Å².